The number of rotatable bonds is 12. The van der Waals surface area contributed by atoms with E-state index >= 15 is 0 Å². The molecule has 0 bridgehead atoms. The van der Waals surface area contributed by atoms with Crippen LogP contribution in [0.5, 0.6) is 11.5 Å². The number of benzene rings is 2. The molecular formula is C27H44O2Si2. The SMILES string of the molecule is CCC(C)(CC)[SiH2]Oc1ccc(C(C)(C)c2ccc(O[Si](CC)(CC)CC)cc2)cc1. The summed E-state index contributed by atoms with van der Waals surface area (Å²) in [5.74, 6) is 2.04. The second-order valence-electron chi connectivity index (χ2n) is 9.83. The Morgan fingerprint density at radius 1 is 0.677 bits per heavy atom. The lowest BCUT2D eigenvalue weighted by atomic mass is 9.78. The number of hydrogen-bond donors (Lipinski definition) is 0. The summed E-state index contributed by atoms with van der Waals surface area (Å²) < 4.78 is 12.8. The van der Waals surface area contributed by atoms with E-state index in [1.54, 1.807) is 0 Å². The van der Waals surface area contributed by atoms with Gasteiger partial charge in [0.1, 0.15) is 11.5 Å². The molecule has 0 radical (unpaired) electrons. The van der Waals surface area contributed by atoms with Gasteiger partial charge >= 0.3 is 0 Å². The Morgan fingerprint density at radius 3 is 1.48 bits per heavy atom. The van der Waals surface area contributed by atoms with Gasteiger partial charge in [0, 0.05) is 5.41 Å². The zero-order valence-corrected chi connectivity index (χ0v) is 23.6. The predicted octanol–water partition coefficient (Wildman–Crippen LogP) is 7.86. The summed E-state index contributed by atoms with van der Waals surface area (Å²) in [6, 6.07) is 21.1. The molecule has 172 valence electrons. The quantitative estimate of drug-likeness (QED) is 0.303. The van der Waals surface area contributed by atoms with Gasteiger partial charge < -0.3 is 8.85 Å². The topological polar surface area (TPSA) is 18.5 Å². The average Bonchev–Trinajstić information content (AvgIpc) is 2.81. The molecule has 0 aliphatic carbocycles. The van der Waals surface area contributed by atoms with Crippen molar-refractivity contribution < 1.29 is 8.85 Å². The number of hydrogen-bond acceptors (Lipinski definition) is 2. The molecule has 0 N–H and O–H groups in total. The maximum atomic E-state index is 6.54. The van der Waals surface area contributed by atoms with Crippen molar-refractivity contribution in [3.05, 3.63) is 59.7 Å². The summed E-state index contributed by atoms with van der Waals surface area (Å²) >= 11 is 0. The standard InChI is InChI=1S/C27H44O2Si2/c1-9-27(8,10-2)30-28-24-18-14-22(15-19-24)26(6,7)23-16-20-25(21-17-23)29-31(11-3,12-4)13-5/h14-21H,9-13,30H2,1-8H3. The van der Waals surface area contributed by atoms with Crippen molar-refractivity contribution in [1.82, 2.24) is 0 Å². The molecule has 0 heterocycles. The Bertz CT molecular complexity index is 781. The molecule has 2 nitrogen and oxygen atoms in total. The first kappa shape index (κ1) is 25.7. The highest BCUT2D eigenvalue weighted by molar-refractivity contribution is 6.74. The molecule has 2 rings (SSSR count). The minimum Gasteiger partial charge on any atom is -0.549 e. The largest absolute Gasteiger partial charge is 0.549 e. The molecule has 0 atom stereocenters. The van der Waals surface area contributed by atoms with Crippen LogP contribution in [-0.2, 0) is 5.41 Å². The zero-order chi connectivity index (χ0) is 23.1. The minimum absolute atomic E-state index is 0.0649. The van der Waals surface area contributed by atoms with E-state index in [2.05, 4.69) is 104 Å². The lowest BCUT2D eigenvalue weighted by Gasteiger charge is -2.30. The normalized spacial score (nSPS) is 13.0. The van der Waals surface area contributed by atoms with Gasteiger partial charge in [0.05, 0.1) is 0 Å². The van der Waals surface area contributed by atoms with Crippen LogP contribution >= 0.6 is 0 Å². The van der Waals surface area contributed by atoms with Crippen molar-refractivity contribution in [2.75, 3.05) is 0 Å². The van der Waals surface area contributed by atoms with Crippen molar-refractivity contribution in [2.45, 2.75) is 96.8 Å². The summed E-state index contributed by atoms with van der Waals surface area (Å²) in [5, 5.41) is 0.384. The molecule has 0 fully saturated rings. The van der Waals surface area contributed by atoms with Gasteiger partial charge in [-0.3, -0.25) is 0 Å². The van der Waals surface area contributed by atoms with Gasteiger partial charge in [0.15, 0.2) is 0 Å². The fourth-order valence-corrected chi connectivity index (χ4v) is 7.69. The lowest BCUT2D eigenvalue weighted by molar-refractivity contribution is 0.480. The Hall–Kier alpha value is -1.53. The van der Waals surface area contributed by atoms with Gasteiger partial charge in [-0.1, -0.05) is 92.5 Å². The van der Waals surface area contributed by atoms with Crippen molar-refractivity contribution >= 4 is 18.1 Å². The van der Waals surface area contributed by atoms with Crippen molar-refractivity contribution in [2.24, 2.45) is 0 Å². The summed E-state index contributed by atoms with van der Waals surface area (Å²) in [5.41, 5.74) is 2.55. The van der Waals surface area contributed by atoms with Gasteiger partial charge in [-0.05, 0) is 58.6 Å². The predicted molar refractivity (Wildman–Crippen MR) is 141 cm³/mol. The van der Waals surface area contributed by atoms with E-state index in [-0.39, 0.29) is 5.41 Å². The van der Waals surface area contributed by atoms with E-state index in [0.29, 0.717) is 5.04 Å². The summed E-state index contributed by atoms with van der Waals surface area (Å²) in [4.78, 5) is 0. The third kappa shape index (κ3) is 6.26. The highest BCUT2D eigenvalue weighted by Crippen LogP contribution is 2.36. The average molecular weight is 457 g/mol. The van der Waals surface area contributed by atoms with Gasteiger partial charge in [-0.25, -0.2) is 0 Å². The third-order valence-electron chi connectivity index (χ3n) is 7.71. The van der Waals surface area contributed by atoms with Crippen molar-refractivity contribution in [3.8, 4) is 11.5 Å². The van der Waals surface area contributed by atoms with Crippen molar-refractivity contribution in [3.63, 3.8) is 0 Å². The molecular weight excluding hydrogens is 412 g/mol. The fraction of sp³-hybridized carbons (Fsp3) is 0.556. The molecule has 0 unspecified atom stereocenters. The molecule has 31 heavy (non-hydrogen) atoms. The Balaban J connectivity index is 2.12. The van der Waals surface area contributed by atoms with Crippen LogP contribution in [0, 0.1) is 0 Å². The molecule has 0 spiro atoms. The monoisotopic (exact) mass is 456 g/mol. The van der Waals surface area contributed by atoms with E-state index in [1.165, 1.54) is 42.1 Å². The highest BCUT2D eigenvalue weighted by atomic mass is 28.4. The Morgan fingerprint density at radius 2 is 1.10 bits per heavy atom. The first-order valence-electron chi connectivity index (χ1n) is 12.2. The highest BCUT2D eigenvalue weighted by Gasteiger charge is 2.31. The Kier molecular flexibility index (Phi) is 9.02. The molecule has 4 heteroatoms. The van der Waals surface area contributed by atoms with E-state index in [4.69, 9.17) is 8.85 Å². The minimum atomic E-state index is -1.63. The molecule has 0 saturated heterocycles. The molecule has 0 aliphatic rings. The van der Waals surface area contributed by atoms with Gasteiger partial charge in [0.2, 0.25) is 18.1 Å². The van der Waals surface area contributed by atoms with Crippen LogP contribution in [0.4, 0.5) is 0 Å². The molecule has 2 aromatic carbocycles. The van der Waals surface area contributed by atoms with Gasteiger partial charge in [-0.15, -0.1) is 0 Å². The second kappa shape index (κ2) is 10.9. The molecule has 0 aliphatic heterocycles. The zero-order valence-electron chi connectivity index (χ0n) is 21.2. The summed E-state index contributed by atoms with van der Waals surface area (Å²) in [7, 11) is -2.23. The van der Waals surface area contributed by atoms with Gasteiger partial charge in [0.25, 0.3) is 0 Å². The van der Waals surface area contributed by atoms with E-state index in [1.807, 2.05) is 0 Å². The van der Waals surface area contributed by atoms with E-state index in [0.717, 1.165) is 11.5 Å². The maximum absolute atomic E-state index is 6.54. The van der Waals surface area contributed by atoms with Crippen LogP contribution in [0.2, 0.25) is 23.2 Å². The molecule has 0 aromatic heterocycles. The molecule has 0 saturated carbocycles. The first-order chi connectivity index (χ1) is 14.7. The summed E-state index contributed by atoms with van der Waals surface area (Å²) in [6.45, 7) is 18.3. The smallest absolute Gasteiger partial charge is 0.250 e. The van der Waals surface area contributed by atoms with Crippen LogP contribution in [0.25, 0.3) is 0 Å². The maximum Gasteiger partial charge on any atom is 0.250 e. The second-order valence-corrected chi connectivity index (χ2v) is 16.8. The third-order valence-corrected chi connectivity index (χ3v) is 14.4. The Labute approximate surface area is 194 Å². The van der Waals surface area contributed by atoms with E-state index < -0.39 is 18.1 Å². The van der Waals surface area contributed by atoms with Crippen molar-refractivity contribution in [1.29, 1.82) is 0 Å². The van der Waals surface area contributed by atoms with Gasteiger partial charge in [-0.2, -0.15) is 0 Å². The van der Waals surface area contributed by atoms with Crippen LogP contribution in [-0.4, -0.2) is 18.1 Å². The van der Waals surface area contributed by atoms with E-state index in [9.17, 15) is 0 Å². The fourth-order valence-electron chi connectivity index (χ4n) is 4.00. The van der Waals surface area contributed by atoms with Crippen LogP contribution in [0.3, 0.4) is 0 Å². The summed E-state index contributed by atoms with van der Waals surface area (Å²) in [6.07, 6.45) is 2.39. The van der Waals surface area contributed by atoms with Crippen LogP contribution < -0.4 is 8.85 Å². The first-order valence-corrected chi connectivity index (χ1v) is 16.0. The van der Waals surface area contributed by atoms with Crippen LogP contribution in [0.1, 0.15) is 79.4 Å². The molecule has 0 amide bonds. The molecule has 2 aromatic rings. The lowest BCUT2D eigenvalue weighted by Crippen LogP contribution is -2.39. The van der Waals surface area contributed by atoms with Crippen LogP contribution in [0.15, 0.2) is 48.5 Å².